The number of aromatic nitrogens is 1. The number of hydrogen-bond acceptors (Lipinski definition) is 3. The first kappa shape index (κ1) is 12.8. The summed E-state index contributed by atoms with van der Waals surface area (Å²) < 4.78 is 0. The molecule has 3 rings (SSSR count). The second kappa shape index (κ2) is 5.03. The van der Waals surface area contributed by atoms with Crippen molar-refractivity contribution in [2.75, 3.05) is 5.32 Å². The Labute approximate surface area is 122 Å². The van der Waals surface area contributed by atoms with Crippen molar-refractivity contribution in [3.05, 3.63) is 59.3 Å². The number of para-hydroxylation sites is 1. The molecule has 2 aromatic carbocycles. The van der Waals surface area contributed by atoms with Crippen LogP contribution in [0, 0.1) is 29.6 Å². The van der Waals surface area contributed by atoms with Crippen molar-refractivity contribution in [3.63, 3.8) is 0 Å². The molecule has 0 fully saturated rings. The number of hydrogen-bond donors (Lipinski definition) is 2. The Hall–Kier alpha value is -3.24. The quantitative estimate of drug-likeness (QED) is 0.741. The number of anilines is 2. The van der Waals surface area contributed by atoms with Crippen LogP contribution < -0.4 is 5.32 Å². The number of rotatable bonds is 2. The van der Waals surface area contributed by atoms with Gasteiger partial charge in [-0.15, -0.1) is 0 Å². The molecule has 0 aliphatic rings. The molecule has 4 nitrogen and oxygen atoms in total. The fourth-order valence-corrected chi connectivity index (χ4v) is 2.37. The first-order valence-corrected chi connectivity index (χ1v) is 6.51. The van der Waals surface area contributed by atoms with Crippen LogP contribution in [0.4, 0.5) is 11.4 Å². The molecule has 1 heterocycles. The van der Waals surface area contributed by atoms with Crippen LogP contribution in [0.3, 0.4) is 0 Å². The van der Waals surface area contributed by atoms with Crippen molar-refractivity contribution in [1.29, 1.82) is 10.5 Å². The smallest absolute Gasteiger partial charge is 0.101 e. The number of nitrogens with one attached hydrogen (secondary N) is 2. The summed E-state index contributed by atoms with van der Waals surface area (Å²) in [6.07, 6.45) is 0. The van der Waals surface area contributed by atoms with Gasteiger partial charge in [0.25, 0.3) is 0 Å². The number of nitrogens with zero attached hydrogens (tertiary/aromatic N) is 2. The average Bonchev–Trinajstić information content (AvgIpc) is 2.86. The van der Waals surface area contributed by atoms with Gasteiger partial charge in [0.1, 0.15) is 12.1 Å². The molecule has 4 heteroatoms. The summed E-state index contributed by atoms with van der Waals surface area (Å²) in [5.41, 5.74) is 4.47. The van der Waals surface area contributed by atoms with E-state index in [9.17, 15) is 10.5 Å². The first-order valence-electron chi connectivity index (χ1n) is 6.51. The van der Waals surface area contributed by atoms with Crippen LogP contribution in [-0.2, 0) is 0 Å². The van der Waals surface area contributed by atoms with E-state index >= 15 is 0 Å². The van der Waals surface area contributed by atoms with Gasteiger partial charge in [0.2, 0.25) is 0 Å². The van der Waals surface area contributed by atoms with Crippen LogP contribution >= 0.6 is 0 Å². The van der Waals surface area contributed by atoms with Gasteiger partial charge in [-0.1, -0.05) is 6.07 Å². The third kappa shape index (κ3) is 2.31. The summed E-state index contributed by atoms with van der Waals surface area (Å²) in [5, 5.41) is 22.6. The van der Waals surface area contributed by atoms with Gasteiger partial charge in [0.15, 0.2) is 0 Å². The lowest BCUT2D eigenvalue weighted by molar-refractivity contribution is 1.30. The highest BCUT2D eigenvalue weighted by Gasteiger charge is 2.09. The number of nitriles is 2. The molecule has 0 saturated heterocycles. The molecule has 0 radical (unpaired) electrons. The predicted octanol–water partition coefficient (Wildman–Crippen LogP) is 3.96. The predicted molar refractivity (Wildman–Crippen MR) is 82.2 cm³/mol. The molecule has 0 spiro atoms. The van der Waals surface area contributed by atoms with Gasteiger partial charge >= 0.3 is 0 Å². The Kier molecular flexibility index (Phi) is 3.06. The zero-order valence-corrected chi connectivity index (χ0v) is 11.4. The maximum atomic E-state index is 9.19. The Morgan fingerprint density at radius 1 is 1.00 bits per heavy atom. The summed E-state index contributed by atoms with van der Waals surface area (Å²) in [6, 6.07) is 17.3. The molecule has 0 aliphatic heterocycles. The number of aryl methyl sites for hydroxylation is 1. The molecule has 0 bridgehead atoms. The number of fused-ring (bicyclic) bond motifs is 1. The topological polar surface area (TPSA) is 75.4 Å². The minimum Gasteiger partial charge on any atom is -0.359 e. The Bertz CT molecular complexity index is 874. The van der Waals surface area contributed by atoms with E-state index in [2.05, 4.69) is 28.5 Å². The summed E-state index contributed by atoms with van der Waals surface area (Å²) in [6.45, 7) is 2.01. The van der Waals surface area contributed by atoms with Crippen LogP contribution in [0.1, 0.15) is 16.8 Å². The van der Waals surface area contributed by atoms with E-state index in [1.54, 1.807) is 18.2 Å². The van der Waals surface area contributed by atoms with Gasteiger partial charge in [-0.2, -0.15) is 10.5 Å². The van der Waals surface area contributed by atoms with Gasteiger partial charge in [-0.25, -0.2) is 0 Å². The van der Waals surface area contributed by atoms with E-state index in [0.717, 1.165) is 22.3 Å². The molecule has 3 aromatic rings. The number of benzene rings is 2. The molecule has 1 aromatic heterocycles. The zero-order valence-electron chi connectivity index (χ0n) is 11.4. The van der Waals surface area contributed by atoms with Crippen LogP contribution in [0.2, 0.25) is 0 Å². The highest BCUT2D eigenvalue weighted by atomic mass is 14.9. The van der Waals surface area contributed by atoms with Gasteiger partial charge in [-0.05, 0) is 43.3 Å². The van der Waals surface area contributed by atoms with E-state index in [1.807, 2.05) is 25.1 Å². The summed E-state index contributed by atoms with van der Waals surface area (Å²) in [7, 11) is 0. The van der Waals surface area contributed by atoms with E-state index in [0.29, 0.717) is 16.8 Å². The third-order valence-corrected chi connectivity index (χ3v) is 3.33. The minimum absolute atomic E-state index is 0.458. The van der Waals surface area contributed by atoms with Gasteiger partial charge in [-0.3, -0.25) is 0 Å². The standard InChI is InChI=1S/C17H12N4/c1-11-7-14-8-15(5-6-16(14)20-11)21-17-12(9-18)3-2-4-13(17)10-19/h2-8,20-21H,1H3. The molecule has 0 atom stereocenters. The molecule has 0 unspecified atom stereocenters. The number of aromatic amines is 1. The Balaban J connectivity index is 2.06. The fraction of sp³-hybridized carbons (Fsp3) is 0.0588. The Morgan fingerprint density at radius 3 is 2.38 bits per heavy atom. The lowest BCUT2D eigenvalue weighted by Crippen LogP contribution is -1.96. The SMILES string of the molecule is Cc1cc2cc(Nc3c(C#N)cccc3C#N)ccc2[nH]1. The second-order valence-electron chi connectivity index (χ2n) is 4.83. The molecule has 2 N–H and O–H groups in total. The van der Waals surface area contributed by atoms with Crippen LogP contribution in [0.15, 0.2) is 42.5 Å². The van der Waals surface area contributed by atoms with E-state index in [1.165, 1.54) is 0 Å². The Morgan fingerprint density at radius 2 is 1.71 bits per heavy atom. The largest absolute Gasteiger partial charge is 0.359 e. The minimum atomic E-state index is 0.458. The normalized spacial score (nSPS) is 10.0. The van der Waals surface area contributed by atoms with Crippen LogP contribution in [0.5, 0.6) is 0 Å². The lowest BCUT2D eigenvalue weighted by Gasteiger charge is -2.10. The van der Waals surface area contributed by atoms with Crippen LogP contribution in [-0.4, -0.2) is 4.98 Å². The lowest BCUT2D eigenvalue weighted by atomic mass is 10.1. The highest BCUT2D eigenvalue weighted by Crippen LogP contribution is 2.27. The van der Waals surface area contributed by atoms with Gasteiger partial charge < -0.3 is 10.3 Å². The van der Waals surface area contributed by atoms with Crippen molar-refractivity contribution in [2.24, 2.45) is 0 Å². The maximum Gasteiger partial charge on any atom is 0.101 e. The second-order valence-corrected chi connectivity index (χ2v) is 4.83. The molecule has 0 amide bonds. The summed E-state index contributed by atoms with van der Waals surface area (Å²) >= 11 is 0. The van der Waals surface area contributed by atoms with Crippen molar-refractivity contribution in [1.82, 2.24) is 4.98 Å². The van der Waals surface area contributed by atoms with Crippen molar-refractivity contribution < 1.29 is 0 Å². The maximum absolute atomic E-state index is 9.19. The van der Waals surface area contributed by atoms with Crippen LogP contribution in [0.25, 0.3) is 10.9 Å². The van der Waals surface area contributed by atoms with Crippen molar-refractivity contribution in [3.8, 4) is 12.1 Å². The zero-order chi connectivity index (χ0) is 14.8. The molecule has 0 saturated carbocycles. The molecular weight excluding hydrogens is 260 g/mol. The average molecular weight is 272 g/mol. The van der Waals surface area contributed by atoms with E-state index < -0.39 is 0 Å². The monoisotopic (exact) mass is 272 g/mol. The fourth-order valence-electron chi connectivity index (χ4n) is 2.37. The third-order valence-electron chi connectivity index (χ3n) is 3.33. The van der Waals surface area contributed by atoms with Crippen molar-refractivity contribution in [2.45, 2.75) is 6.92 Å². The number of H-pyrrole nitrogens is 1. The molecular formula is C17H12N4. The molecule has 0 aliphatic carbocycles. The first-order chi connectivity index (χ1) is 10.2. The van der Waals surface area contributed by atoms with Crippen molar-refractivity contribution >= 4 is 22.3 Å². The van der Waals surface area contributed by atoms with Gasteiger partial charge in [0, 0.05) is 22.3 Å². The summed E-state index contributed by atoms with van der Waals surface area (Å²) in [4.78, 5) is 3.26. The van der Waals surface area contributed by atoms with E-state index in [-0.39, 0.29) is 0 Å². The highest BCUT2D eigenvalue weighted by molar-refractivity contribution is 5.85. The summed E-state index contributed by atoms with van der Waals surface area (Å²) in [5.74, 6) is 0. The molecule has 100 valence electrons. The van der Waals surface area contributed by atoms with E-state index in [4.69, 9.17) is 0 Å². The molecule has 21 heavy (non-hydrogen) atoms. The van der Waals surface area contributed by atoms with Gasteiger partial charge in [0.05, 0.1) is 16.8 Å².